The van der Waals surface area contributed by atoms with E-state index in [0.717, 1.165) is 33.4 Å². The molecule has 1 aliphatic heterocycles. The SMILES string of the molecule is Oc1ncnc2c1ncn2[C@@H]1O[C@H](COC(c2ccccc2)(c2ccccc2)c2ccccc2)[C@@H](OC(c2ccccc2)(c2ccccc2)c2ccccc2)[C@H]1O. The van der Waals surface area contributed by atoms with Crippen LogP contribution in [0.15, 0.2) is 195 Å². The lowest BCUT2D eigenvalue weighted by molar-refractivity contribution is -0.131. The fourth-order valence-corrected chi connectivity index (χ4v) is 8.16. The molecule has 6 aromatic carbocycles. The second kappa shape index (κ2) is 15.6. The van der Waals surface area contributed by atoms with Crippen LogP contribution in [0, 0.1) is 0 Å². The Bertz CT molecular complexity index is 2330. The summed E-state index contributed by atoms with van der Waals surface area (Å²) in [6.07, 6.45) is -1.36. The highest BCUT2D eigenvalue weighted by Gasteiger charge is 2.52. The average molecular weight is 753 g/mol. The molecular weight excluding hydrogens is 713 g/mol. The van der Waals surface area contributed by atoms with Crippen molar-refractivity contribution in [2.75, 3.05) is 6.61 Å². The van der Waals surface area contributed by atoms with Crippen molar-refractivity contribution in [3.8, 4) is 5.88 Å². The normalized spacial score (nSPS) is 18.5. The first-order valence-corrected chi connectivity index (χ1v) is 18.9. The molecule has 0 unspecified atom stereocenters. The van der Waals surface area contributed by atoms with Crippen molar-refractivity contribution in [3.05, 3.63) is 228 Å². The highest BCUT2D eigenvalue weighted by molar-refractivity contribution is 5.75. The van der Waals surface area contributed by atoms with E-state index in [-0.39, 0.29) is 18.0 Å². The van der Waals surface area contributed by atoms with Crippen molar-refractivity contribution in [2.45, 2.75) is 35.7 Å². The van der Waals surface area contributed by atoms with Crippen molar-refractivity contribution < 1.29 is 24.4 Å². The van der Waals surface area contributed by atoms with Crippen LogP contribution in [0.3, 0.4) is 0 Å². The number of rotatable bonds is 12. The number of aliphatic hydroxyl groups is 1. The number of hydrogen-bond donors (Lipinski definition) is 2. The summed E-state index contributed by atoms with van der Waals surface area (Å²) in [4.78, 5) is 12.7. The lowest BCUT2D eigenvalue weighted by Gasteiger charge is -2.41. The van der Waals surface area contributed by atoms with Gasteiger partial charge in [0.25, 0.3) is 0 Å². The molecule has 0 radical (unpaired) electrons. The van der Waals surface area contributed by atoms with E-state index >= 15 is 0 Å². The van der Waals surface area contributed by atoms with Gasteiger partial charge in [-0.3, -0.25) is 4.57 Å². The minimum atomic E-state index is -1.26. The van der Waals surface area contributed by atoms with E-state index in [1.807, 2.05) is 146 Å². The van der Waals surface area contributed by atoms with Gasteiger partial charge < -0.3 is 24.4 Å². The van der Waals surface area contributed by atoms with Crippen LogP contribution < -0.4 is 0 Å². The maximum absolute atomic E-state index is 12.6. The Kier molecular flexibility index (Phi) is 9.88. The van der Waals surface area contributed by atoms with Gasteiger partial charge in [0.15, 0.2) is 17.4 Å². The molecule has 3 heterocycles. The van der Waals surface area contributed by atoms with Crippen LogP contribution in [-0.4, -0.2) is 54.7 Å². The number of aromatic hydroxyl groups is 1. The fourth-order valence-electron chi connectivity index (χ4n) is 8.16. The first-order valence-electron chi connectivity index (χ1n) is 18.9. The maximum Gasteiger partial charge on any atom is 0.242 e. The summed E-state index contributed by atoms with van der Waals surface area (Å²) in [5.74, 6) is -0.270. The molecule has 8 aromatic rings. The van der Waals surface area contributed by atoms with Gasteiger partial charge in [-0.1, -0.05) is 182 Å². The first-order chi connectivity index (χ1) is 28.1. The number of aromatic nitrogens is 4. The Balaban J connectivity index is 1.21. The predicted molar refractivity (Wildman–Crippen MR) is 216 cm³/mol. The fraction of sp³-hybridized carbons (Fsp3) is 0.146. The molecule has 1 saturated heterocycles. The highest BCUT2D eigenvalue weighted by atomic mass is 16.6. The van der Waals surface area contributed by atoms with Gasteiger partial charge in [0, 0.05) is 0 Å². The lowest BCUT2D eigenvalue weighted by atomic mass is 9.79. The molecule has 1 aliphatic rings. The monoisotopic (exact) mass is 752 g/mol. The minimum Gasteiger partial charge on any atom is -0.492 e. The quantitative estimate of drug-likeness (QED) is 0.120. The molecule has 282 valence electrons. The van der Waals surface area contributed by atoms with Gasteiger partial charge in [0.2, 0.25) is 5.88 Å². The Hall–Kier alpha value is -6.49. The van der Waals surface area contributed by atoms with Gasteiger partial charge in [-0.2, -0.15) is 4.98 Å². The molecule has 2 aromatic heterocycles. The molecule has 9 rings (SSSR count). The Labute approximate surface area is 330 Å². The van der Waals surface area contributed by atoms with Crippen molar-refractivity contribution in [2.24, 2.45) is 0 Å². The Morgan fingerprint density at radius 1 is 0.544 bits per heavy atom. The van der Waals surface area contributed by atoms with Crippen LogP contribution in [0.5, 0.6) is 5.88 Å². The zero-order valence-electron chi connectivity index (χ0n) is 30.9. The minimum absolute atomic E-state index is 0.00176. The van der Waals surface area contributed by atoms with E-state index < -0.39 is 35.7 Å². The first kappa shape index (κ1) is 36.2. The summed E-state index contributed by atoms with van der Waals surface area (Å²) in [5, 5.41) is 23.2. The molecule has 0 saturated carbocycles. The van der Waals surface area contributed by atoms with Crippen LogP contribution in [0.1, 0.15) is 39.6 Å². The summed E-state index contributed by atoms with van der Waals surface area (Å²) in [5.41, 5.74) is 3.62. The Morgan fingerprint density at radius 3 is 1.37 bits per heavy atom. The number of fused-ring (bicyclic) bond motifs is 1. The third-order valence-electron chi connectivity index (χ3n) is 10.8. The van der Waals surface area contributed by atoms with Crippen molar-refractivity contribution >= 4 is 11.2 Å². The number of hydrogen-bond acceptors (Lipinski definition) is 8. The molecule has 0 bridgehead atoms. The Morgan fingerprint density at radius 2 is 0.947 bits per heavy atom. The molecule has 9 nitrogen and oxygen atoms in total. The third kappa shape index (κ3) is 6.46. The van der Waals surface area contributed by atoms with E-state index in [2.05, 4.69) is 51.4 Å². The second-order valence-corrected chi connectivity index (χ2v) is 14.0. The summed E-state index contributed by atoms with van der Waals surface area (Å²) < 4.78 is 23.4. The van der Waals surface area contributed by atoms with Crippen molar-refractivity contribution in [1.29, 1.82) is 0 Å². The molecule has 0 aliphatic carbocycles. The second-order valence-electron chi connectivity index (χ2n) is 14.0. The van der Waals surface area contributed by atoms with E-state index in [1.54, 1.807) is 4.57 Å². The maximum atomic E-state index is 12.6. The molecule has 4 atom stereocenters. The number of ether oxygens (including phenoxy) is 3. The standard InChI is InChI=1S/C48H40N4O5/c53-42-43(57-48(37-25-13-4-14-26-37,38-27-15-5-16-28-38)39-29-17-6-18-30-39)40(56-46(42)52-33-51-41-44(52)49-32-50-45(41)54)31-55-47(34-19-7-1-8-20-34,35-21-9-2-10-22-35)36-23-11-3-12-24-36/h1-30,32-33,40,42-43,46,53H,31H2,(H,49,50,54)/t40-,42-,43-,46-/m1/s1. The van der Waals surface area contributed by atoms with Gasteiger partial charge in [0.05, 0.1) is 12.9 Å². The van der Waals surface area contributed by atoms with Gasteiger partial charge >= 0.3 is 0 Å². The zero-order chi connectivity index (χ0) is 38.7. The highest BCUT2D eigenvalue weighted by Crippen LogP contribution is 2.47. The third-order valence-corrected chi connectivity index (χ3v) is 10.8. The van der Waals surface area contributed by atoms with Crippen molar-refractivity contribution in [1.82, 2.24) is 19.5 Å². The lowest BCUT2D eigenvalue weighted by Crippen LogP contribution is -2.46. The van der Waals surface area contributed by atoms with Gasteiger partial charge in [-0.15, -0.1) is 0 Å². The van der Waals surface area contributed by atoms with Crippen LogP contribution >= 0.6 is 0 Å². The van der Waals surface area contributed by atoms with E-state index in [0.29, 0.717) is 5.65 Å². The molecule has 0 spiro atoms. The van der Waals surface area contributed by atoms with Crippen LogP contribution in [-0.2, 0) is 25.4 Å². The zero-order valence-corrected chi connectivity index (χ0v) is 30.9. The van der Waals surface area contributed by atoms with Crippen LogP contribution in [0.25, 0.3) is 11.2 Å². The van der Waals surface area contributed by atoms with Crippen molar-refractivity contribution in [3.63, 3.8) is 0 Å². The average Bonchev–Trinajstić information content (AvgIpc) is 3.85. The molecule has 9 heteroatoms. The molecular formula is C48H40N4O5. The van der Waals surface area contributed by atoms with E-state index in [1.165, 1.54) is 12.7 Å². The van der Waals surface area contributed by atoms with Crippen LogP contribution in [0.4, 0.5) is 0 Å². The predicted octanol–water partition coefficient (Wildman–Crippen LogP) is 8.18. The van der Waals surface area contributed by atoms with E-state index in [9.17, 15) is 10.2 Å². The summed E-state index contributed by atoms with van der Waals surface area (Å²) >= 11 is 0. The van der Waals surface area contributed by atoms with Gasteiger partial charge in [-0.05, 0) is 33.4 Å². The summed E-state index contributed by atoms with van der Waals surface area (Å²) in [6, 6.07) is 60.5. The number of imidazole rings is 1. The van der Waals surface area contributed by atoms with Gasteiger partial charge in [-0.25, -0.2) is 9.97 Å². The summed E-state index contributed by atoms with van der Waals surface area (Å²) in [7, 11) is 0. The number of aliphatic hydroxyl groups excluding tert-OH is 1. The number of nitrogens with zero attached hydrogens (tertiary/aromatic N) is 4. The molecule has 57 heavy (non-hydrogen) atoms. The smallest absolute Gasteiger partial charge is 0.242 e. The largest absolute Gasteiger partial charge is 0.492 e. The number of benzene rings is 6. The molecule has 1 fully saturated rings. The molecule has 2 N–H and O–H groups in total. The van der Waals surface area contributed by atoms with Gasteiger partial charge in [0.1, 0.15) is 35.8 Å². The summed E-state index contributed by atoms with van der Waals surface area (Å²) in [6.45, 7) is -0.00176. The van der Waals surface area contributed by atoms with Crippen LogP contribution in [0.2, 0.25) is 0 Å². The molecule has 0 amide bonds. The topological polar surface area (TPSA) is 112 Å². The van der Waals surface area contributed by atoms with E-state index in [4.69, 9.17) is 14.2 Å².